The van der Waals surface area contributed by atoms with Crippen molar-refractivity contribution in [3.63, 3.8) is 0 Å². The largest absolute Gasteiger partial charge is 0.457 e. The van der Waals surface area contributed by atoms with Crippen molar-refractivity contribution in [2.75, 3.05) is 26.2 Å². The van der Waals surface area contributed by atoms with Crippen LogP contribution in [-0.2, 0) is 25.8 Å². The normalized spacial score (nSPS) is 32.3. The summed E-state index contributed by atoms with van der Waals surface area (Å²) in [6, 6.07) is 0.664. The molecule has 4 heteroatoms. The van der Waals surface area contributed by atoms with E-state index >= 15 is 0 Å². The van der Waals surface area contributed by atoms with Crippen LogP contribution in [0.15, 0.2) is 0 Å². The maximum Gasteiger partial charge on any atom is 0.0667 e. The fourth-order valence-electron chi connectivity index (χ4n) is 2.09. The summed E-state index contributed by atoms with van der Waals surface area (Å²) >= 11 is 0. The number of hydrogen-bond acceptors (Lipinski definition) is 3. The van der Waals surface area contributed by atoms with Crippen LogP contribution in [0.2, 0.25) is 0 Å². The third-order valence-corrected chi connectivity index (χ3v) is 2.88. The molecule has 0 bridgehead atoms. The van der Waals surface area contributed by atoms with Crippen LogP contribution >= 0.6 is 0 Å². The Hall–Kier alpha value is 0.750. The van der Waals surface area contributed by atoms with Gasteiger partial charge < -0.3 is 10.0 Å². The first-order valence-corrected chi connectivity index (χ1v) is 4.73. The summed E-state index contributed by atoms with van der Waals surface area (Å²) < 4.78 is 0. The minimum Gasteiger partial charge on any atom is -0.457 e. The Balaban J connectivity index is 0.000000845. The van der Waals surface area contributed by atoms with Gasteiger partial charge in [-0.1, -0.05) is 0 Å². The Morgan fingerprint density at radius 2 is 1.92 bits per heavy atom. The number of nitrogens with zero attached hydrogens (tertiary/aromatic N) is 2. The molecule has 1 atom stereocenters. The maximum absolute atomic E-state index is 9.44. The maximum atomic E-state index is 9.44. The van der Waals surface area contributed by atoms with Crippen molar-refractivity contribution in [1.82, 2.24) is 9.80 Å². The first-order valence-electron chi connectivity index (χ1n) is 4.73. The molecule has 0 aromatic carbocycles. The Morgan fingerprint density at radius 1 is 1.23 bits per heavy atom. The molecule has 2 fully saturated rings. The van der Waals surface area contributed by atoms with Crippen molar-refractivity contribution in [2.24, 2.45) is 0 Å². The van der Waals surface area contributed by atoms with Gasteiger partial charge in [-0.2, -0.15) is 0 Å². The zero-order valence-corrected chi connectivity index (χ0v) is 9.83. The molecule has 0 amide bonds. The second kappa shape index (κ2) is 5.01. The summed E-state index contributed by atoms with van der Waals surface area (Å²) in [5.41, 5.74) is 0. The van der Waals surface area contributed by atoms with Crippen LogP contribution in [0.25, 0.3) is 0 Å². The van der Waals surface area contributed by atoms with E-state index in [-0.39, 0.29) is 31.9 Å². The zero-order chi connectivity index (χ0) is 8.55. The number of aliphatic hydroxyl groups is 1. The van der Waals surface area contributed by atoms with E-state index in [0.29, 0.717) is 6.04 Å². The summed E-state index contributed by atoms with van der Waals surface area (Å²) in [5, 5.41) is 9.44. The molecule has 1 radical (unpaired) electrons. The average molecular weight is 214 g/mol. The Kier molecular flexibility index (Phi) is 4.55. The molecule has 0 aliphatic carbocycles. The molecule has 3 nitrogen and oxygen atoms in total. The number of hydrogen-bond donors (Lipinski definition) is 1. The quantitative estimate of drug-likeness (QED) is 0.618. The van der Waals surface area contributed by atoms with Gasteiger partial charge in [0.2, 0.25) is 0 Å². The summed E-state index contributed by atoms with van der Waals surface area (Å²) in [5.74, 6) is 0. The van der Waals surface area contributed by atoms with Gasteiger partial charge >= 0.3 is 0 Å². The van der Waals surface area contributed by atoms with Crippen molar-refractivity contribution < 1.29 is 30.9 Å². The third-order valence-electron chi connectivity index (χ3n) is 2.88. The van der Waals surface area contributed by atoms with Crippen LogP contribution < -0.4 is 0 Å². The van der Waals surface area contributed by atoms with Crippen molar-refractivity contribution >= 4 is 0 Å². The summed E-state index contributed by atoms with van der Waals surface area (Å²) in [6.07, 6.45) is 2.05. The van der Waals surface area contributed by atoms with Gasteiger partial charge in [-0.15, -0.1) is 0 Å². The second-order valence-corrected chi connectivity index (χ2v) is 3.98. The molecule has 2 saturated heterocycles. The molecule has 0 aromatic rings. The fourth-order valence-corrected chi connectivity index (χ4v) is 2.09. The van der Waals surface area contributed by atoms with E-state index in [2.05, 4.69) is 16.8 Å². The van der Waals surface area contributed by atoms with E-state index in [1.807, 2.05) is 0 Å². The van der Waals surface area contributed by atoms with E-state index in [1.165, 1.54) is 0 Å². The summed E-state index contributed by atoms with van der Waals surface area (Å²) in [4.78, 5) is 4.47. The Labute approximate surface area is 98.9 Å². The van der Waals surface area contributed by atoms with E-state index in [4.69, 9.17) is 0 Å². The van der Waals surface area contributed by atoms with Gasteiger partial charge in [0.1, 0.15) is 0 Å². The zero-order valence-electron chi connectivity index (χ0n) is 8.02. The van der Waals surface area contributed by atoms with Gasteiger partial charge in [-0.25, -0.2) is 0 Å². The van der Waals surface area contributed by atoms with Gasteiger partial charge in [-0.05, 0) is 32.5 Å². The number of β-amino-alcohol motifs (C(OH)–C–C–N with tert-alkyl or cyclic N) is 1. The van der Waals surface area contributed by atoms with E-state index < -0.39 is 0 Å². The average Bonchev–Trinajstić information content (AvgIpc) is 1.99. The number of aliphatic hydroxyl groups excluding tert-OH is 1. The minimum absolute atomic E-state index is 0. The van der Waals surface area contributed by atoms with Gasteiger partial charge in [-0.3, -0.25) is 11.9 Å². The van der Waals surface area contributed by atoms with Crippen molar-refractivity contribution in [2.45, 2.75) is 25.0 Å². The second-order valence-electron chi connectivity index (χ2n) is 3.98. The van der Waals surface area contributed by atoms with Gasteiger partial charge in [0.15, 0.2) is 0 Å². The molecule has 2 rings (SSSR count). The van der Waals surface area contributed by atoms with Gasteiger partial charge in [0.25, 0.3) is 0 Å². The van der Waals surface area contributed by atoms with Crippen molar-refractivity contribution in [1.29, 1.82) is 0 Å². The first-order chi connectivity index (χ1) is 5.75. The van der Waals surface area contributed by atoms with E-state index in [9.17, 15) is 5.11 Å². The van der Waals surface area contributed by atoms with Crippen LogP contribution in [0.3, 0.4) is 0 Å². The van der Waals surface area contributed by atoms with Crippen molar-refractivity contribution in [3.05, 3.63) is 7.05 Å². The fraction of sp³-hybridized carbons (Fsp3) is 0.889. The molecule has 13 heavy (non-hydrogen) atoms. The summed E-state index contributed by atoms with van der Waals surface area (Å²) in [7, 11) is 3.85. The van der Waals surface area contributed by atoms with Crippen LogP contribution in [0.5, 0.6) is 0 Å². The van der Waals surface area contributed by atoms with Crippen LogP contribution in [-0.4, -0.2) is 53.2 Å². The molecule has 2 aliphatic rings. The minimum atomic E-state index is -0.0855. The topological polar surface area (TPSA) is 26.7 Å². The molecule has 1 unspecified atom stereocenters. The molecular formula is C9H17N2OSc-. The molecular weight excluding hydrogens is 197 g/mol. The molecule has 73 valence electrons. The third kappa shape index (κ3) is 2.85. The molecule has 0 spiro atoms. The number of piperidine rings is 1. The standard InChI is InChI=1S/C9H17N2O.Sc/c1-10-5-8(6-10)11-4-2-3-9(12)7-11;/h8-9,12H,1-7H2;/q-1;. The Morgan fingerprint density at radius 3 is 2.46 bits per heavy atom. The SMILES string of the molecule is [CH2-]N1CC(N2CCCC(O)C2)C1.[Sc]. The Bertz CT molecular complexity index is 162. The predicted octanol–water partition coefficient (Wildman–Crippen LogP) is -0.0836. The van der Waals surface area contributed by atoms with Crippen LogP contribution in [0, 0.1) is 7.05 Å². The molecule has 0 aromatic heterocycles. The van der Waals surface area contributed by atoms with Gasteiger partial charge in [0, 0.05) is 38.4 Å². The van der Waals surface area contributed by atoms with Crippen LogP contribution in [0.1, 0.15) is 12.8 Å². The number of rotatable bonds is 1. The van der Waals surface area contributed by atoms with Crippen LogP contribution in [0.4, 0.5) is 0 Å². The molecule has 2 heterocycles. The first kappa shape index (κ1) is 11.8. The smallest absolute Gasteiger partial charge is 0.0667 e. The molecule has 1 N–H and O–H groups in total. The molecule has 2 aliphatic heterocycles. The van der Waals surface area contributed by atoms with Gasteiger partial charge in [0.05, 0.1) is 6.10 Å². The van der Waals surface area contributed by atoms with Crippen molar-refractivity contribution in [3.8, 4) is 0 Å². The predicted molar refractivity (Wildman–Crippen MR) is 47.5 cm³/mol. The van der Waals surface area contributed by atoms with E-state index in [1.54, 1.807) is 0 Å². The monoisotopic (exact) mass is 214 g/mol. The van der Waals surface area contributed by atoms with E-state index in [0.717, 1.165) is 39.0 Å². The molecule has 0 saturated carbocycles. The number of likely N-dealkylation sites (tertiary alicyclic amines) is 2. The summed E-state index contributed by atoms with van der Waals surface area (Å²) in [6.45, 7) is 4.19.